The molecule has 0 unspecified atom stereocenters. The number of aromatic nitrogens is 1. The Balaban J connectivity index is 1.79. The molecule has 0 aliphatic rings. The average molecular weight is 375 g/mol. The SMILES string of the molecule is Cc1cc(Br)ccc1NC(=O)c1cccn1Cc1cccs1. The van der Waals surface area contributed by atoms with E-state index < -0.39 is 0 Å². The van der Waals surface area contributed by atoms with E-state index in [1.54, 1.807) is 11.3 Å². The molecule has 0 bridgehead atoms. The summed E-state index contributed by atoms with van der Waals surface area (Å²) in [5.74, 6) is -0.0908. The van der Waals surface area contributed by atoms with Crippen LogP contribution in [0.4, 0.5) is 5.69 Å². The molecule has 1 N–H and O–H groups in total. The van der Waals surface area contributed by atoms with E-state index in [9.17, 15) is 4.79 Å². The summed E-state index contributed by atoms with van der Waals surface area (Å²) in [5, 5.41) is 5.03. The monoisotopic (exact) mass is 374 g/mol. The van der Waals surface area contributed by atoms with Crippen molar-refractivity contribution in [1.82, 2.24) is 4.57 Å². The molecule has 0 atom stereocenters. The van der Waals surface area contributed by atoms with Crippen molar-refractivity contribution < 1.29 is 4.79 Å². The molecule has 3 rings (SSSR count). The molecule has 0 radical (unpaired) electrons. The number of hydrogen-bond donors (Lipinski definition) is 1. The summed E-state index contributed by atoms with van der Waals surface area (Å²) in [7, 11) is 0. The summed E-state index contributed by atoms with van der Waals surface area (Å²) >= 11 is 5.12. The minimum Gasteiger partial charge on any atom is -0.338 e. The van der Waals surface area contributed by atoms with Crippen LogP contribution < -0.4 is 5.32 Å². The van der Waals surface area contributed by atoms with E-state index in [0.717, 1.165) is 15.7 Å². The first-order valence-electron chi connectivity index (χ1n) is 6.88. The maximum Gasteiger partial charge on any atom is 0.272 e. The summed E-state index contributed by atoms with van der Waals surface area (Å²) in [6.45, 7) is 2.69. The summed E-state index contributed by atoms with van der Waals surface area (Å²) in [4.78, 5) is 13.7. The van der Waals surface area contributed by atoms with Crippen LogP contribution in [0.2, 0.25) is 0 Å². The number of nitrogens with one attached hydrogen (secondary N) is 1. The van der Waals surface area contributed by atoms with Gasteiger partial charge in [0.2, 0.25) is 0 Å². The normalized spacial score (nSPS) is 10.6. The Kier molecular flexibility index (Phi) is 4.45. The molecule has 3 nitrogen and oxygen atoms in total. The highest BCUT2D eigenvalue weighted by molar-refractivity contribution is 9.10. The zero-order valence-electron chi connectivity index (χ0n) is 12.0. The Labute approximate surface area is 141 Å². The second-order valence-corrected chi connectivity index (χ2v) is 6.96. The van der Waals surface area contributed by atoms with Gasteiger partial charge in [0.05, 0.1) is 6.54 Å². The Morgan fingerprint density at radius 1 is 1.27 bits per heavy atom. The first-order chi connectivity index (χ1) is 10.6. The lowest BCUT2D eigenvalue weighted by atomic mass is 10.2. The van der Waals surface area contributed by atoms with Crippen molar-refractivity contribution in [2.24, 2.45) is 0 Å². The number of rotatable bonds is 4. The smallest absolute Gasteiger partial charge is 0.272 e. The van der Waals surface area contributed by atoms with E-state index in [1.807, 2.05) is 59.5 Å². The predicted molar refractivity (Wildman–Crippen MR) is 94.7 cm³/mol. The second-order valence-electron chi connectivity index (χ2n) is 5.01. The molecule has 3 aromatic rings. The number of aryl methyl sites for hydroxylation is 1. The van der Waals surface area contributed by atoms with Crippen LogP contribution in [0.3, 0.4) is 0 Å². The summed E-state index contributed by atoms with van der Waals surface area (Å²) in [5.41, 5.74) is 2.52. The van der Waals surface area contributed by atoms with E-state index in [0.29, 0.717) is 12.2 Å². The van der Waals surface area contributed by atoms with Gasteiger partial charge in [0.15, 0.2) is 0 Å². The van der Waals surface area contributed by atoms with Crippen LogP contribution in [0, 0.1) is 6.92 Å². The number of amides is 1. The van der Waals surface area contributed by atoms with Crippen LogP contribution in [0.1, 0.15) is 20.9 Å². The van der Waals surface area contributed by atoms with Gasteiger partial charge in [-0.3, -0.25) is 4.79 Å². The van der Waals surface area contributed by atoms with E-state index >= 15 is 0 Å². The van der Waals surface area contributed by atoms with Crippen molar-refractivity contribution in [3.63, 3.8) is 0 Å². The van der Waals surface area contributed by atoms with Crippen LogP contribution in [0.15, 0.2) is 58.5 Å². The van der Waals surface area contributed by atoms with Gasteiger partial charge in [-0.05, 0) is 54.3 Å². The van der Waals surface area contributed by atoms with Gasteiger partial charge < -0.3 is 9.88 Å². The third-order valence-electron chi connectivity index (χ3n) is 3.41. The molecule has 2 aromatic heterocycles. The van der Waals surface area contributed by atoms with Gasteiger partial charge in [0.25, 0.3) is 5.91 Å². The van der Waals surface area contributed by atoms with E-state index in [4.69, 9.17) is 0 Å². The van der Waals surface area contributed by atoms with Crippen molar-refractivity contribution >= 4 is 38.9 Å². The average Bonchev–Trinajstić information content (AvgIpc) is 3.14. The standard InChI is InChI=1S/C17H15BrN2OS/c1-12-10-13(18)6-7-15(12)19-17(21)16-5-2-8-20(16)11-14-4-3-9-22-14/h2-10H,11H2,1H3,(H,19,21). The van der Waals surface area contributed by atoms with Crippen LogP contribution in [0.25, 0.3) is 0 Å². The van der Waals surface area contributed by atoms with E-state index in [2.05, 4.69) is 27.3 Å². The van der Waals surface area contributed by atoms with Gasteiger partial charge in [-0.1, -0.05) is 22.0 Å². The van der Waals surface area contributed by atoms with Crippen LogP contribution in [0.5, 0.6) is 0 Å². The zero-order chi connectivity index (χ0) is 15.5. The van der Waals surface area contributed by atoms with Gasteiger partial charge in [0, 0.05) is 21.2 Å². The number of anilines is 1. The molecule has 0 aliphatic carbocycles. The quantitative estimate of drug-likeness (QED) is 0.690. The fourth-order valence-electron chi connectivity index (χ4n) is 2.28. The molecule has 5 heteroatoms. The molecular formula is C17H15BrN2OS. The molecule has 0 saturated heterocycles. The number of benzene rings is 1. The third-order valence-corrected chi connectivity index (χ3v) is 4.76. The number of nitrogens with zero attached hydrogens (tertiary/aromatic N) is 1. The predicted octanol–water partition coefficient (Wildman–Crippen LogP) is 4.92. The van der Waals surface area contributed by atoms with Crippen molar-refractivity contribution in [1.29, 1.82) is 0 Å². The third kappa shape index (κ3) is 3.31. The fourth-order valence-corrected chi connectivity index (χ4v) is 3.46. The first-order valence-corrected chi connectivity index (χ1v) is 8.56. The van der Waals surface area contributed by atoms with Crippen molar-refractivity contribution in [3.05, 3.63) is 74.6 Å². The minimum atomic E-state index is -0.0908. The van der Waals surface area contributed by atoms with Crippen molar-refractivity contribution in [3.8, 4) is 0 Å². The maximum atomic E-state index is 12.5. The number of halogens is 1. The highest BCUT2D eigenvalue weighted by Gasteiger charge is 2.12. The molecule has 0 spiro atoms. The molecule has 1 aromatic carbocycles. The van der Waals surface area contributed by atoms with Gasteiger partial charge in [0.1, 0.15) is 5.69 Å². The zero-order valence-corrected chi connectivity index (χ0v) is 14.4. The molecule has 22 heavy (non-hydrogen) atoms. The largest absolute Gasteiger partial charge is 0.338 e. The van der Waals surface area contributed by atoms with Crippen molar-refractivity contribution in [2.75, 3.05) is 5.32 Å². The first kappa shape index (κ1) is 15.1. The Morgan fingerprint density at radius 2 is 2.14 bits per heavy atom. The van der Waals surface area contributed by atoms with Gasteiger partial charge >= 0.3 is 0 Å². The van der Waals surface area contributed by atoms with Crippen LogP contribution in [-0.4, -0.2) is 10.5 Å². The van der Waals surface area contributed by atoms with Crippen molar-refractivity contribution in [2.45, 2.75) is 13.5 Å². The van der Waals surface area contributed by atoms with Crippen LogP contribution >= 0.6 is 27.3 Å². The molecule has 0 fully saturated rings. The van der Waals surface area contributed by atoms with Crippen LogP contribution in [-0.2, 0) is 6.54 Å². The number of carbonyl (C=O) groups excluding carboxylic acids is 1. The molecule has 1 amide bonds. The Hall–Kier alpha value is -1.85. The molecule has 0 aliphatic heterocycles. The Morgan fingerprint density at radius 3 is 2.86 bits per heavy atom. The highest BCUT2D eigenvalue weighted by Crippen LogP contribution is 2.21. The molecule has 0 saturated carbocycles. The summed E-state index contributed by atoms with van der Waals surface area (Å²) in [6.07, 6.45) is 1.93. The van der Waals surface area contributed by atoms with Gasteiger partial charge in [-0.15, -0.1) is 11.3 Å². The number of carbonyl (C=O) groups is 1. The molecule has 2 heterocycles. The topological polar surface area (TPSA) is 34.0 Å². The lowest BCUT2D eigenvalue weighted by molar-refractivity contribution is 0.101. The summed E-state index contributed by atoms with van der Waals surface area (Å²) < 4.78 is 2.97. The maximum absolute atomic E-state index is 12.5. The summed E-state index contributed by atoms with van der Waals surface area (Å²) in [6, 6.07) is 13.7. The van der Waals surface area contributed by atoms with Gasteiger partial charge in [-0.25, -0.2) is 0 Å². The number of hydrogen-bond acceptors (Lipinski definition) is 2. The molecular weight excluding hydrogens is 360 g/mol. The Bertz CT molecular complexity index is 793. The highest BCUT2D eigenvalue weighted by atomic mass is 79.9. The fraction of sp³-hybridized carbons (Fsp3) is 0.118. The second kappa shape index (κ2) is 6.50. The van der Waals surface area contributed by atoms with E-state index in [1.165, 1.54) is 4.88 Å². The van der Waals surface area contributed by atoms with Gasteiger partial charge in [-0.2, -0.15) is 0 Å². The minimum absolute atomic E-state index is 0.0908. The van der Waals surface area contributed by atoms with E-state index in [-0.39, 0.29) is 5.91 Å². The lowest BCUT2D eigenvalue weighted by Gasteiger charge is -2.11. The number of thiophene rings is 1. The lowest BCUT2D eigenvalue weighted by Crippen LogP contribution is -2.17. The molecule has 112 valence electrons.